The fourth-order valence-corrected chi connectivity index (χ4v) is 4.37. The number of ether oxygens (including phenoxy) is 1. The Morgan fingerprint density at radius 2 is 1.66 bits per heavy atom. The van der Waals surface area contributed by atoms with E-state index in [9.17, 15) is 22.8 Å². The lowest BCUT2D eigenvalue weighted by molar-refractivity contribution is -0.142. The zero-order chi connectivity index (χ0) is 27.4. The number of hydrogen-bond acceptors (Lipinski definition) is 7. The van der Waals surface area contributed by atoms with Gasteiger partial charge in [0.15, 0.2) is 0 Å². The number of halogens is 3. The normalized spacial score (nSPS) is 15.5. The van der Waals surface area contributed by atoms with Crippen molar-refractivity contribution < 1.29 is 27.5 Å². The lowest BCUT2D eigenvalue weighted by Gasteiger charge is -2.34. The van der Waals surface area contributed by atoms with E-state index in [4.69, 9.17) is 14.7 Å². The Hall–Kier alpha value is -3.73. The molecule has 1 atom stereocenters. The first-order chi connectivity index (χ1) is 18.1. The minimum Gasteiger partial charge on any atom is -0.467 e. The van der Waals surface area contributed by atoms with Gasteiger partial charge in [0.1, 0.15) is 17.7 Å². The van der Waals surface area contributed by atoms with Crippen molar-refractivity contribution in [3.63, 3.8) is 0 Å². The molecular formula is C27H30F3N5O3. The molecule has 1 aliphatic heterocycles. The first-order valence-corrected chi connectivity index (χ1v) is 12.4. The average Bonchev–Trinajstić information content (AvgIpc) is 2.90. The molecule has 0 spiro atoms. The second-order valence-corrected chi connectivity index (χ2v) is 9.54. The third kappa shape index (κ3) is 6.21. The van der Waals surface area contributed by atoms with Crippen molar-refractivity contribution in [1.82, 2.24) is 19.8 Å². The molecule has 1 aromatic heterocycles. The van der Waals surface area contributed by atoms with Crippen LogP contribution in [0, 0.1) is 5.92 Å². The van der Waals surface area contributed by atoms with E-state index in [0.717, 1.165) is 23.0 Å². The molecule has 1 amide bonds. The van der Waals surface area contributed by atoms with Gasteiger partial charge in [-0.3, -0.25) is 9.69 Å². The number of nitrogens with zero attached hydrogens (tertiary/aromatic N) is 4. The Bertz CT molecular complexity index is 1290. The van der Waals surface area contributed by atoms with Crippen LogP contribution in [-0.4, -0.2) is 71.0 Å². The van der Waals surface area contributed by atoms with Crippen molar-refractivity contribution in [3.8, 4) is 0 Å². The maximum atomic E-state index is 12.8. The molecule has 11 heteroatoms. The number of aromatic nitrogens is 2. The Morgan fingerprint density at radius 1 is 1.00 bits per heavy atom. The highest BCUT2D eigenvalue weighted by Crippen LogP contribution is 2.29. The molecular weight excluding hydrogens is 499 g/mol. The van der Waals surface area contributed by atoms with E-state index in [1.54, 1.807) is 4.90 Å². The summed E-state index contributed by atoms with van der Waals surface area (Å²) in [5.74, 6) is 0.411. The highest BCUT2D eigenvalue weighted by atomic mass is 19.4. The monoisotopic (exact) mass is 529 g/mol. The summed E-state index contributed by atoms with van der Waals surface area (Å²) in [4.78, 5) is 38.3. The topological polar surface area (TPSA) is 87.7 Å². The molecule has 4 rings (SSSR count). The van der Waals surface area contributed by atoms with Gasteiger partial charge < -0.3 is 15.0 Å². The molecule has 2 aromatic carbocycles. The number of benzene rings is 2. The van der Waals surface area contributed by atoms with Crippen molar-refractivity contribution in [2.75, 3.05) is 38.6 Å². The van der Waals surface area contributed by atoms with Gasteiger partial charge in [0.2, 0.25) is 0 Å². The number of alkyl halides is 3. The minimum atomic E-state index is -4.44. The Labute approximate surface area is 218 Å². The Kier molecular flexibility index (Phi) is 8.15. The van der Waals surface area contributed by atoms with Crippen LogP contribution < -0.4 is 5.32 Å². The maximum Gasteiger partial charge on any atom is 0.416 e. The molecule has 3 aromatic rings. The van der Waals surface area contributed by atoms with Crippen LogP contribution in [0.3, 0.4) is 0 Å². The summed E-state index contributed by atoms with van der Waals surface area (Å²) in [6.07, 6.45) is -4.44. The first kappa shape index (κ1) is 27.3. The number of anilines is 1. The molecule has 1 aliphatic rings. The molecule has 0 radical (unpaired) electrons. The van der Waals surface area contributed by atoms with Gasteiger partial charge in [-0.2, -0.15) is 13.2 Å². The lowest BCUT2D eigenvalue weighted by atomic mass is 10.0. The highest BCUT2D eigenvalue weighted by Gasteiger charge is 2.31. The highest BCUT2D eigenvalue weighted by molar-refractivity contribution is 5.94. The van der Waals surface area contributed by atoms with E-state index >= 15 is 0 Å². The quantitative estimate of drug-likeness (QED) is 0.459. The molecule has 0 bridgehead atoms. The number of carbonyl (C=O) groups is 2. The summed E-state index contributed by atoms with van der Waals surface area (Å²) in [5, 5.41) is 4.03. The summed E-state index contributed by atoms with van der Waals surface area (Å²) < 4.78 is 43.4. The molecule has 202 valence electrons. The Morgan fingerprint density at radius 3 is 2.26 bits per heavy atom. The summed E-state index contributed by atoms with van der Waals surface area (Å²) in [6.45, 7) is 6.25. The van der Waals surface area contributed by atoms with Crippen LogP contribution in [0.5, 0.6) is 0 Å². The average molecular weight is 530 g/mol. The van der Waals surface area contributed by atoms with Crippen LogP contribution in [0.15, 0.2) is 48.5 Å². The van der Waals surface area contributed by atoms with Crippen LogP contribution in [-0.2, 0) is 22.3 Å². The molecule has 1 saturated heterocycles. The second kappa shape index (κ2) is 11.3. The van der Waals surface area contributed by atoms with Crippen molar-refractivity contribution in [2.24, 2.45) is 5.92 Å². The number of hydrogen-bond donors (Lipinski definition) is 1. The number of rotatable bonds is 7. The molecule has 1 fully saturated rings. The molecule has 0 unspecified atom stereocenters. The number of methoxy groups -OCH3 is 1. The predicted molar refractivity (Wildman–Crippen MR) is 136 cm³/mol. The molecule has 1 N–H and O–H groups in total. The Balaban J connectivity index is 1.44. The molecule has 2 heterocycles. The third-order valence-electron chi connectivity index (χ3n) is 6.55. The molecule has 8 nitrogen and oxygen atoms in total. The van der Waals surface area contributed by atoms with E-state index < -0.39 is 17.8 Å². The summed E-state index contributed by atoms with van der Waals surface area (Å²) >= 11 is 0. The van der Waals surface area contributed by atoms with Gasteiger partial charge in [0.05, 0.1) is 24.7 Å². The maximum absolute atomic E-state index is 12.8. The van der Waals surface area contributed by atoms with Gasteiger partial charge in [-0.05, 0) is 42.3 Å². The van der Waals surface area contributed by atoms with Gasteiger partial charge in [-0.25, -0.2) is 14.8 Å². The fourth-order valence-electron chi connectivity index (χ4n) is 4.37. The van der Waals surface area contributed by atoms with Crippen LogP contribution in [0.1, 0.15) is 35.6 Å². The minimum absolute atomic E-state index is 0.0325. The van der Waals surface area contributed by atoms with Crippen molar-refractivity contribution >= 4 is 28.6 Å². The van der Waals surface area contributed by atoms with Gasteiger partial charge in [0, 0.05) is 37.1 Å². The van der Waals surface area contributed by atoms with Crippen LogP contribution >= 0.6 is 0 Å². The van der Waals surface area contributed by atoms with Crippen molar-refractivity contribution in [1.29, 1.82) is 0 Å². The van der Waals surface area contributed by atoms with Crippen LogP contribution in [0.25, 0.3) is 10.9 Å². The van der Waals surface area contributed by atoms with Crippen LogP contribution in [0.2, 0.25) is 0 Å². The van der Waals surface area contributed by atoms with E-state index in [1.165, 1.54) is 19.2 Å². The number of para-hydroxylation sites is 1. The van der Waals surface area contributed by atoms with Gasteiger partial charge >= 0.3 is 12.1 Å². The van der Waals surface area contributed by atoms with Crippen LogP contribution in [0.4, 0.5) is 19.0 Å². The number of esters is 1. The van der Waals surface area contributed by atoms with Crippen molar-refractivity contribution in [2.45, 2.75) is 32.6 Å². The number of carbonyl (C=O) groups excluding carboxylic acids is 2. The number of amides is 1. The first-order valence-electron chi connectivity index (χ1n) is 12.4. The van der Waals surface area contributed by atoms with Crippen molar-refractivity contribution in [3.05, 3.63) is 65.5 Å². The third-order valence-corrected chi connectivity index (χ3v) is 6.55. The number of piperazine rings is 1. The van der Waals surface area contributed by atoms with E-state index in [0.29, 0.717) is 44.4 Å². The van der Waals surface area contributed by atoms with E-state index in [-0.39, 0.29) is 23.4 Å². The second-order valence-electron chi connectivity index (χ2n) is 9.54. The SMILES string of the molecule is COC(=O)[C@@H](Nc1nc(CN2CCN(C(=O)c3ccc(C(F)(F)F)cc3)CC2)nc2ccccc12)C(C)C. The van der Waals surface area contributed by atoms with E-state index in [1.807, 2.05) is 38.1 Å². The van der Waals surface area contributed by atoms with Gasteiger partial charge in [-0.1, -0.05) is 26.0 Å². The fraction of sp³-hybridized carbons (Fsp3) is 0.407. The summed E-state index contributed by atoms with van der Waals surface area (Å²) in [7, 11) is 1.35. The molecule has 38 heavy (non-hydrogen) atoms. The van der Waals surface area contributed by atoms with E-state index in [2.05, 4.69) is 10.2 Å². The standard InChI is InChI=1S/C27H30F3N5O3/c1-17(2)23(26(37)38-3)33-24-20-6-4-5-7-21(20)31-22(32-24)16-34-12-14-35(15-13-34)25(36)18-8-10-19(11-9-18)27(28,29)30/h4-11,17,23H,12-16H2,1-3H3,(H,31,32,33)/t23-/m0/s1. The summed E-state index contributed by atoms with van der Waals surface area (Å²) in [5.41, 5.74) is 0.184. The zero-order valence-electron chi connectivity index (χ0n) is 21.5. The number of nitrogens with one attached hydrogen (secondary N) is 1. The molecule has 0 saturated carbocycles. The molecule has 0 aliphatic carbocycles. The zero-order valence-corrected chi connectivity index (χ0v) is 21.5. The predicted octanol–water partition coefficient (Wildman–Crippen LogP) is 4.22. The lowest BCUT2D eigenvalue weighted by Crippen LogP contribution is -2.48. The summed E-state index contributed by atoms with van der Waals surface area (Å²) in [6, 6.07) is 11.2. The smallest absolute Gasteiger partial charge is 0.416 e. The van der Waals surface area contributed by atoms with Gasteiger partial charge in [-0.15, -0.1) is 0 Å². The largest absolute Gasteiger partial charge is 0.467 e. The van der Waals surface area contributed by atoms with Gasteiger partial charge in [0.25, 0.3) is 5.91 Å². The number of fused-ring (bicyclic) bond motifs is 1.